The third-order valence-corrected chi connectivity index (χ3v) is 6.89. The van der Waals surface area contributed by atoms with E-state index >= 15 is 0 Å². The summed E-state index contributed by atoms with van der Waals surface area (Å²) in [7, 11) is 0. The van der Waals surface area contributed by atoms with Crippen molar-refractivity contribution in [1.29, 1.82) is 0 Å². The predicted molar refractivity (Wildman–Crippen MR) is 153 cm³/mol. The number of aromatic nitrogens is 1. The lowest BCUT2D eigenvalue weighted by Gasteiger charge is -2.25. The van der Waals surface area contributed by atoms with Gasteiger partial charge in [-0.2, -0.15) is 0 Å². The Hall–Kier alpha value is -4.55. The Kier molecular flexibility index (Phi) is 10.8. The van der Waals surface area contributed by atoms with Gasteiger partial charge in [0.25, 0.3) is 5.91 Å². The number of aliphatic hydroxyl groups excluding tert-OH is 1. The van der Waals surface area contributed by atoms with Crippen molar-refractivity contribution in [3.8, 4) is 0 Å². The lowest BCUT2D eigenvalue weighted by atomic mass is 10.0. The van der Waals surface area contributed by atoms with Crippen molar-refractivity contribution in [2.45, 2.75) is 44.4 Å². The average Bonchev–Trinajstić information content (AvgIpc) is 3.45. The molecule has 12 nitrogen and oxygen atoms in total. The first-order valence-corrected chi connectivity index (χ1v) is 13.9. The van der Waals surface area contributed by atoms with Gasteiger partial charge >= 0.3 is 0 Å². The minimum atomic E-state index is -1.03. The molecule has 12 heteroatoms. The van der Waals surface area contributed by atoms with E-state index in [1.165, 1.54) is 13.0 Å². The second-order valence-corrected chi connectivity index (χ2v) is 10.2. The summed E-state index contributed by atoms with van der Waals surface area (Å²) in [5.41, 5.74) is 1.65. The molecular weight excluding hydrogens is 540 g/mol. The van der Waals surface area contributed by atoms with Crippen LogP contribution in [0.1, 0.15) is 34.3 Å². The van der Waals surface area contributed by atoms with Crippen molar-refractivity contribution in [2.75, 3.05) is 26.2 Å². The summed E-state index contributed by atoms with van der Waals surface area (Å²) in [6.07, 6.45) is 0.402. The molecule has 3 aromatic rings. The highest BCUT2D eigenvalue weighted by atomic mass is 16.5. The number of rotatable bonds is 6. The molecule has 42 heavy (non-hydrogen) atoms. The van der Waals surface area contributed by atoms with Crippen LogP contribution < -0.4 is 21.3 Å². The molecule has 0 spiro atoms. The molecule has 0 saturated heterocycles. The quantitative estimate of drug-likeness (QED) is 0.277. The number of fused-ring (bicyclic) bond motifs is 2. The summed E-state index contributed by atoms with van der Waals surface area (Å²) in [4.78, 5) is 54.8. The average molecular weight is 577 g/mol. The second kappa shape index (κ2) is 14.9. The molecule has 4 rings (SSSR count). The Labute approximate surface area is 243 Å². The molecule has 2 aromatic carbocycles. The summed E-state index contributed by atoms with van der Waals surface area (Å²) in [5, 5.41) is 24.4. The zero-order valence-corrected chi connectivity index (χ0v) is 23.4. The number of amides is 4. The first kappa shape index (κ1) is 30.4. The maximum Gasteiger partial charge on any atom is 0.274 e. The maximum atomic E-state index is 13.6. The van der Waals surface area contributed by atoms with Crippen molar-refractivity contribution >= 4 is 23.6 Å². The van der Waals surface area contributed by atoms with Crippen LogP contribution in [0.5, 0.6) is 0 Å². The number of nitrogens with one attached hydrogen (secondary N) is 4. The Morgan fingerprint density at radius 2 is 1.45 bits per heavy atom. The van der Waals surface area contributed by atoms with Gasteiger partial charge in [0.15, 0.2) is 11.5 Å². The van der Waals surface area contributed by atoms with Crippen molar-refractivity contribution in [3.63, 3.8) is 0 Å². The van der Waals surface area contributed by atoms with Gasteiger partial charge in [0.2, 0.25) is 17.7 Å². The Morgan fingerprint density at radius 3 is 2.07 bits per heavy atom. The third kappa shape index (κ3) is 8.72. The van der Waals surface area contributed by atoms with Gasteiger partial charge in [0.1, 0.15) is 18.1 Å². The fraction of sp³-hybridized carbons (Fsp3) is 0.367. The smallest absolute Gasteiger partial charge is 0.274 e. The van der Waals surface area contributed by atoms with Crippen molar-refractivity contribution in [1.82, 2.24) is 31.3 Å². The maximum absolute atomic E-state index is 13.6. The zero-order chi connectivity index (χ0) is 29.9. The highest BCUT2D eigenvalue weighted by molar-refractivity contribution is 5.97. The van der Waals surface area contributed by atoms with Crippen LogP contribution in [0.3, 0.4) is 0 Å². The monoisotopic (exact) mass is 576 g/mol. The van der Waals surface area contributed by atoms with Gasteiger partial charge in [-0.05, 0) is 18.1 Å². The van der Waals surface area contributed by atoms with Gasteiger partial charge in [-0.25, -0.2) is 0 Å². The molecule has 2 heterocycles. The number of β-amino-alcohol motifs (C(OH)–C–C–N with tert-alkyl or cyclic N) is 1. The van der Waals surface area contributed by atoms with Crippen LogP contribution >= 0.6 is 0 Å². The van der Waals surface area contributed by atoms with Crippen LogP contribution in [0.15, 0.2) is 71.3 Å². The fourth-order valence-electron chi connectivity index (χ4n) is 4.61. The van der Waals surface area contributed by atoms with E-state index in [-0.39, 0.29) is 44.1 Å². The minimum Gasteiger partial charge on any atom is -0.395 e. The molecule has 1 aliphatic heterocycles. The molecule has 1 aliphatic rings. The largest absolute Gasteiger partial charge is 0.395 e. The lowest BCUT2D eigenvalue weighted by Crippen LogP contribution is -2.57. The van der Waals surface area contributed by atoms with Gasteiger partial charge in [0, 0.05) is 38.5 Å². The third-order valence-electron chi connectivity index (χ3n) is 6.89. The molecule has 3 atom stereocenters. The van der Waals surface area contributed by atoms with E-state index in [4.69, 9.17) is 4.52 Å². The van der Waals surface area contributed by atoms with Crippen LogP contribution in [0.2, 0.25) is 0 Å². The minimum absolute atomic E-state index is 0.00894. The van der Waals surface area contributed by atoms with Crippen molar-refractivity contribution in [3.05, 3.63) is 89.3 Å². The van der Waals surface area contributed by atoms with Crippen LogP contribution in [-0.4, -0.2) is 83.2 Å². The van der Waals surface area contributed by atoms with Crippen LogP contribution in [-0.2, 0) is 33.8 Å². The second-order valence-electron chi connectivity index (χ2n) is 10.2. The van der Waals surface area contributed by atoms with E-state index in [1.807, 2.05) is 65.6 Å². The molecule has 1 aromatic heterocycles. The van der Waals surface area contributed by atoms with Gasteiger partial charge in [0.05, 0.1) is 13.2 Å². The molecule has 222 valence electrons. The number of hydrogen-bond donors (Lipinski definition) is 5. The van der Waals surface area contributed by atoms with Crippen molar-refractivity contribution in [2.24, 2.45) is 0 Å². The number of carbonyl (C=O) groups is 4. The van der Waals surface area contributed by atoms with E-state index in [0.29, 0.717) is 18.8 Å². The topological polar surface area (TPSA) is 166 Å². The van der Waals surface area contributed by atoms with E-state index in [1.54, 1.807) is 0 Å². The first-order valence-electron chi connectivity index (χ1n) is 13.9. The Bertz CT molecular complexity index is 1350. The molecule has 0 fully saturated rings. The Morgan fingerprint density at radius 1 is 0.857 bits per heavy atom. The standard InChI is InChI=1S/C30H36N6O6/c1-20-27(38)33-25(17-22-10-6-3-7-11-22)29(40)34-24(16-21-8-4-2-5-9-21)28(39)31-12-13-36(14-15-37)19-23-18-26(35-42-23)30(41)32-20/h2-11,18,20,24-25,37H,12-17,19H2,1H3,(H,31,39)(H,32,41)(H,33,38)(H,34,40)/t20-,24+,25-/m0/s1. The summed E-state index contributed by atoms with van der Waals surface area (Å²) in [5.74, 6) is -1.73. The van der Waals surface area contributed by atoms with Gasteiger partial charge in [-0.3, -0.25) is 24.1 Å². The molecule has 0 aliphatic carbocycles. The fourth-order valence-corrected chi connectivity index (χ4v) is 4.61. The van der Waals surface area contributed by atoms with Gasteiger partial charge in [-0.15, -0.1) is 0 Å². The summed E-state index contributed by atoms with van der Waals surface area (Å²) >= 11 is 0. The van der Waals surface area contributed by atoms with E-state index in [9.17, 15) is 24.3 Å². The summed E-state index contributed by atoms with van der Waals surface area (Å²) in [6, 6.07) is 17.0. The number of benzene rings is 2. The predicted octanol–water partition coefficient (Wildman–Crippen LogP) is 0.172. The normalized spacial score (nSPS) is 21.3. The number of aliphatic hydroxyl groups is 1. The van der Waals surface area contributed by atoms with Crippen LogP contribution in [0, 0.1) is 0 Å². The molecule has 5 N–H and O–H groups in total. The molecule has 4 amide bonds. The number of nitrogens with zero attached hydrogens (tertiary/aromatic N) is 2. The van der Waals surface area contributed by atoms with E-state index in [0.717, 1.165) is 11.1 Å². The van der Waals surface area contributed by atoms with Gasteiger partial charge in [-0.1, -0.05) is 65.8 Å². The molecule has 0 radical (unpaired) electrons. The van der Waals surface area contributed by atoms with Crippen LogP contribution in [0.4, 0.5) is 0 Å². The van der Waals surface area contributed by atoms with E-state index < -0.39 is 35.8 Å². The zero-order valence-electron chi connectivity index (χ0n) is 23.4. The number of carbonyl (C=O) groups excluding carboxylic acids is 4. The molecule has 0 unspecified atom stereocenters. The van der Waals surface area contributed by atoms with Gasteiger partial charge < -0.3 is 30.9 Å². The highest BCUT2D eigenvalue weighted by Crippen LogP contribution is 2.10. The van der Waals surface area contributed by atoms with Crippen LogP contribution in [0.25, 0.3) is 0 Å². The summed E-state index contributed by atoms with van der Waals surface area (Å²) in [6.45, 7) is 2.49. The van der Waals surface area contributed by atoms with Crippen molar-refractivity contribution < 1.29 is 28.8 Å². The lowest BCUT2D eigenvalue weighted by molar-refractivity contribution is -0.132. The molecule has 2 bridgehead atoms. The SMILES string of the molecule is C[C@@H]1NC(=O)c2cc(on2)CN(CCO)CCNC(=O)[C@@H](Cc2ccccc2)NC(=O)[C@H](Cc2ccccc2)NC1=O. The van der Waals surface area contributed by atoms with E-state index in [2.05, 4.69) is 26.4 Å². The molecule has 0 saturated carbocycles. The first-order chi connectivity index (χ1) is 20.3. The molecular formula is C30H36N6O6. The Balaban J connectivity index is 1.62. The summed E-state index contributed by atoms with van der Waals surface area (Å²) < 4.78 is 5.32. The highest BCUT2D eigenvalue weighted by Gasteiger charge is 2.29. The number of hydrogen-bond acceptors (Lipinski definition) is 8.